The molecule has 0 bridgehead atoms. The quantitative estimate of drug-likeness (QED) is 0.508. The first-order chi connectivity index (χ1) is 6.24. The molecule has 0 radical (unpaired) electrons. The van der Waals surface area contributed by atoms with Crippen molar-refractivity contribution in [3.8, 4) is 11.8 Å². The van der Waals surface area contributed by atoms with E-state index >= 15 is 0 Å². The smallest absolute Gasteiger partial charge is 0.131 e. The highest BCUT2D eigenvalue weighted by molar-refractivity contribution is 5.55. The van der Waals surface area contributed by atoms with E-state index in [-0.39, 0.29) is 6.42 Å². The van der Waals surface area contributed by atoms with E-state index in [1.165, 1.54) is 0 Å². The number of rotatable bonds is 1. The molecule has 1 rings (SSSR count). The zero-order valence-corrected chi connectivity index (χ0v) is 7.37. The van der Waals surface area contributed by atoms with Gasteiger partial charge in [-0.2, -0.15) is 0 Å². The molecule has 2 N–H and O–H groups in total. The average Bonchev–Trinajstić information content (AvgIpc) is 2.11. The summed E-state index contributed by atoms with van der Waals surface area (Å²) in [6.07, 6.45) is 0.991. The molecule has 13 heavy (non-hydrogen) atoms. The number of aldehydes is 1. The normalized spacial score (nSPS) is 8.69. The minimum Gasteiger partial charge on any atom is -0.384 e. The van der Waals surface area contributed by atoms with Gasteiger partial charge < -0.3 is 10.5 Å². The van der Waals surface area contributed by atoms with Crippen molar-refractivity contribution in [2.24, 2.45) is 0 Å². The minimum absolute atomic E-state index is 0.232. The zero-order valence-electron chi connectivity index (χ0n) is 7.37. The number of hydrogen-bond acceptors (Lipinski definition) is 3. The van der Waals surface area contributed by atoms with E-state index in [1.807, 2.05) is 13.0 Å². The van der Waals surface area contributed by atoms with E-state index in [1.54, 1.807) is 6.07 Å². The van der Waals surface area contributed by atoms with Crippen molar-refractivity contribution in [1.29, 1.82) is 0 Å². The standard InChI is InChI=1S/C10H10N2O/c1-8-5-6-10(11)12-9(8)4-2-3-7-13/h5-7H,3H2,1H3,(H2,11,12). The molecule has 3 nitrogen and oxygen atoms in total. The Bertz CT molecular complexity index is 374. The first kappa shape index (κ1) is 9.27. The van der Waals surface area contributed by atoms with Crippen LogP contribution in [0.3, 0.4) is 0 Å². The number of pyridine rings is 1. The first-order valence-corrected chi connectivity index (χ1v) is 3.89. The van der Waals surface area contributed by atoms with Crippen molar-refractivity contribution in [1.82, 2.24) is 4.98 Å². The molecule has 0 fully saturated rings. The predicted molar refractivity (Wildman–Crippen MR) is 50.9 cm³/mol. The van der Waals surface area contributed by atoms with Gasteiger partial charge in [-0.15, -0.1) is 0 Å². The SMILES string of the molecule is Cc1ccc(N)nc1C#CCC=O. The van der Waals surface area contributed by atoms with Crippen LogP contribution in [0.15, 0.2) is 12.1 Å². The Morgan fingerprint density at radius 3 is 3.08 bits per heavy atom. The van der Waals surface area contributed by atoms with Gasteiger partial charge in [-0.25, -0.2) is 4.98 Å². The predicted octanol–water partition coefficient (Wildman–Crippen LogP) is 0.913. The molecule has 0 unspecified atom stereocenters. The summed E-state index contributed by atoms with van der Waals surface area (Å²) in [7, 11) is 0. The van der Waals surface area contributed by atoms with Crippen LogP contribution in [-0.2, 0) is 4.79 Å². The van der Waals surface area contributed by atoms with Gasteiger partial charge >= 0.3 is 0 Å². The van der Waals surface area contributed by atoms with Gasteiger partial charge in [0.15, 0.2) is 0 Å². The van der Waals surface area contributed by atoms with Crippen LogP contribution < -0.4 is 5.73 Å². The van der Waals surface area contributed by atoms with Gasteiger partial charge in [0.2, 0.25) is 0 Å². The number of hydrogen-bond donors (Lipinski definition) is 1. The number of aromatic nitrogens is 1. The van der Waals surface area contributed by atoms with E-state index < -0.39 is 0 Å². The van der Waals surface area contributed by atoms with Gasteiger partial charge in [-0.1, -0.05) is 12.0 Å². The maximum Gasteiger partial charge on any atom is 0.131 e. The molecule has 1 aromatic rings. The lowest BCUT2D eigenvalue weighted by atomic mass is 10.2. The Balaban J connectivity index is 2.95. The highest BCUT2D eigenvalue weighted by Crippen LogP contribution is 2.05. The number of nitrogen functional groups attached to an aromatic ring is 1. The fourth-order valence-electron chi connectivity index (χ4n) is 0.847. The average molecular weight is 174 g/mol. The molecule has 0 aromatic carbocycles. The summed E-state index contributed by atoms with van der Waals surface area (Å²) in [6.45, 7) is 1.90. The van der Waals surface area contributed by atoms with Crippen LogP contribution in [0.5, 0.6) is 0 Å². The Kier molecular flexibility index (Phi) is 3.04. The highest BCUT2D eigenvalue weighted by atomic mass is 16.1. The molecule has 1 aromatic heterocycles. The summed E-state index contributed by atoms with van der Waals surface area (Å²) in [5.41, 5.74) is 7.09. The van der Waals surface area contributed by atoms with Crippen molar-refractivity contribution in [3.05, 3.63) is 23.4 Å². The third-order valence-electron chi connectivity index (χ3n) is 1.51. The van der Waals surface area contributed by atoms with Crippen LogP contribution >= 0.6 is 0 Å². The number of carbonyl (C=O) groups is 1. The van der Waals surface area contributed by atoms with E-state index in [4.69, 9.17) is 5.73 Å². The third kappa shape index (κ3) is 2.60. The maximum atomic E-state index is 10.00. The van der Waals surface area contributed by atoms with E-state index in [0.717, 1.165) is 11.8 Å². The molecule has 0 spiro atoms. The fraction of sp³-hybridized carbons (Fsp3) is 0.200. The molecule has 0 saturated heterocycles. The monoisotopic (exact) mass is 174 g/mol. The van der Waals surface area contributed by atoms with E-state index in [2.05, 4.69) is 16.8 Å². The second kappa shape index (κ2) is 4.27. The van der Waals surface area contributed by atoms with Gasteiger partial charge in [0.05, 0.1) is 6.42 Å². The van der Waals surface area contributed by atoms with Gasteiger partial charge in [-0.05, 0) is 24.5 Å². The molecule has 3 heteroatoms. The van der Waals surface area contributed by atoms with Crippen LogP contribution in [-0.4, -0.2) is 11.3 Å². The molecule has 0 aliphatic rings. The van der Waals surface area contributed by atoms with Crippen LogP contribution in [0.1, 0.15) is 17.7 Å². The van der Waals surface area contributed by atoms with Crippen molar-refractivity contribution in [2.75, 3.05) is 5.73 Å². The lowest BCUT2D eigenvalue weighted by Crippen LogP contribution is -1.94. The second-order valence-corrected chi connectivity index (χ2v) is 2.57. The van der Waals surface area contributed by atoms with Gasteiger partial charge in [0.25, 0.3) is 0 Å². The Morgan fingerprint density at radius 1 is 1.62 bits per heavy atom. The van der Waals surface area contributed by atoms with E-state index in [0.29, 0.717) is 11.5 Å². The van der Waals surface area contributed by atoms with Gasteiger partial charge in [-0.3, -0.25) is 0 Å². The lowest BCUT2D eigenvalue weighted by molar-refractivity contribution is -0.107. The number of nitrogens with zero attached hydrogens (tertiary/aromatic N) is 1. The number of nitrogens with two attached hydrogens (primary N) is 1. The minimum atomic E-state index is 0.232. The van der Waals surface area contributed by atoms with Crippen LogP contribution in [0, 0.1) is 18.8 Å². The van der Waals surface area contributed by atoms with Crippen molar-refractivity contribution < 1.29 is 4.79 Å². The number of carbonyl (C=O) groups excluding carboxylic acids is 1. The van der Waals surface area contributed by atoms with Crippen molar-refractivity contribution >= 4 is 12.1 Å². The Morgan fingerprint density at radius 2 is 2.38 bits per heavy atom. The van der Waals surface area contributed by atoms with Crippen LogP contribution in [0.25, 0.3) is 0 Å². The number of aryl methyl sites for hydroxylation is 1. The lowest BCUT2D eigenvalue weighted by Gasteiger charge is -1.97. The second-order valence-electron chi connectivity index (χ2n) is 2.57. The maximum absolute atomic E-state index is 10.00. The summed E-state index contributed by atoms with van der Waals surface area (Å²) >= 11 is 0. The topological polar surface area (TPSA) is 56.0 Å². The highest BCUT2D eigenvalue weighted by Gasteiger charge is 1.95. The Labute approximate surface area is 77.0 Å². The largest absolute Gasteiger partial charge is 0.384 e. The van der Waals surface area contributed by atoms with Crippen molar-refractivity contribution in [3.63, 3.8) is 0 Å². The molecular weight excluding hydrogens is 164 g/mol. The summed E-state index contributed by atoms with van der Waals surface area (Å²) < 4.78 is 0. The molecule has 0 saturated carbocycles. The van der Waals surface area contributed by atoms with Gasteiger partial charge in [0, 0.05) is 0 Å². The van der Waals surface area contributed by atoms with Crippen molar-refractivity contribution in [2.45, 2.75) is 13.3 Å². The molecular formula is C10H10N2O. The Hall–Kier alpha value is -1.82. The molecule has 0 atom stereocenters. The summed E-state index contributed by atoms with van der Waals surface area (Å²) in [6, 6.07) is 3.58. The summed E-state index contributed by atoms with van der Waals surface area (Å²) in [5.74, 6) is 5.91. The van der Waals surface area contributed by atoms with Gasteiger partial charge in [0.1, 0.15) is 17.8 Å². The third-order valence-corrected chi connectivity index (χ3v) is 1.51. The number of anilines is 1. The molecule has 0 amide bonds. The molecule has 1 heterocycles. The molecule has 0 aliphatic carbocycles. The molecule has 66 valence electrons. The zero-order chi connectivity index (χ0) is 9.68. The van der Waals surface area contributed by atoms with Crippen LogP contribution in [0.4, 0.5) is 5.82 Å². The first-order valence-electron chi connectivity index (χ1n) is 3.89. The molecule has 0 aliphatic heterocycles. The van der Waals surface area contributed by atoms with Crippen LogP contribution in [0.2, 0.25) is 0 Å². The summed E-state index contributed by atoms with van der Waals surface area (Å²) in [4.78, 5) is 14.0. The van der Waals surface area contributed by atoms with E-state index in [9.17, 15) is 4.79 Å². The summed E-state index contributed by atoms with van der Waals surface area (Å²) in [5, 5.41) is 0. The fourth-order valence-corrected chi connectivity index (χ4v) is 0.847.